The van der Waals surface area contributed by atoms with Gasteiger partial charge in [-0.1, -0.05) is 18.3 Å². The van der Waals surface area contributed by atoms with Crippen molar-refractivity contribution in [1.82, 2.24) is 10.2 Å². The van der Waals surface area contributed by atoms with E-state index in [0.29, 0.717) is 0 Å². The monoisotopic (exact) mass is 263 g/mol. The molecular weight excluding hydrogens is 246 g/mol. The van der Waals surface area contributed by atoms with Crippen LogP contribution < -0.4 is 10.1 Å². The number of methoxy groups -OCH3 is 1. The van der Waals surface area contributed by atoms with Gasteiger partial charge in [0.1, 0.15) is 10.8 Å². The van der Waals surface area contributed by atoms with E-state index >= 15 is 0 Å². The summed E-state index contributed by atoms with van der Waals surface area (Å²) in [5, 5.41) is 13.4. The molecular formula is C13H17N3OS. The molecule has 1 aromatic carbocycles. The number of aryl methyl sites for hydroxylation is 1. The Balaban J connectivity index is 2.23. The Morgan fingerprint density at radius 2 is 2.17 bits per heavy atom. The van der Waals surface area contributed by atoms with Gasteiger partial charge in [0.2, 0.25) is 5.13 Å². The van der Waals surface area contributed by atoms with Crippen molar-refractivity contribution in [2.45, 2.75) is 20.3 Å². The number of hydrogen-bond acceptors (Lipinski definition) is 5. The normalized spacial score (nSPS) is 10.4. The smallest absolute Gasteiger partial charge is 0.206 e. The van der Waals surface area contributed by atoms with Gasteiger partial charge in [0.15, 0.2) is 0 Å². The first-order valence-corrected chi connectivity index (χ1v) is 6.78. The van der Waals surface area contributed by atoms with E-state index < -0.39 is 0 Å². The first kappa shape index (κ1) is 12.8. The van der Waals surface area contributed by atoms with Crippen molar-refractivity contribution < 1.29 is 4.74 Å². The van der Waals surface area contributed by atoms with Gasteiger partial charge in [0.05, 0.1) is 7.11 Å². The van der Waals surface area contributed by atoms with E-state index in [1.54, 1.807) is 18.4 Å². The summed E-state index contributed by atoms with van der Waals surface area (Å²) in [5.74, 6) is 0.866. The van der Waals surface area contributed by atoms with Crippen molar-refractivity contribution in [3.63, 3.8) is 0 Å². The minimum Gasteiger partial charge on any atom is -0.497 e. The zero-order chi connectivity index (χ0) is 13.0. The van der Waals surface area contributed by atoms with Crippen LogP contribution in [0.25, 0.3) is 10.6 Å². The Labute approximate surface area is 111 Å². The van der Waals surface area contributed by atoms with Gasteiger partial charge in [0.25, 0.3) is 0 Å². The van der Waals surface area contributed by atoms with Crippen molar-refractivity contribution in [3.05, 3.63) is 23.8 Å². The van der Waals surface area contributed by atoms with E-state index in [2.05, 4.69) is 29.4 Å². The molecule has 4 nitrogen and oxygen atoms in total. The number of rotatable bonds is 5. The lowest BCUT2D eigenvalue weighted by molar-refractivity contribution is 0.414. The first-order chi connectivity index (χ1) is 8.74. The van der Waals surface area contributed by atoms with E-state index in [1.807, 2.05) is 18.2 Å². The van der Waals surface area contributed by atoms with E-state index in [4.69, 9.17) is 4.74 Å². The summed E-state index contributed by atoms with van der Waals surface area (Å²) in [7, 11) is 1.67. The standard InChI is InChI=1S/C13H17N3OS/c1-4-7-14-13-16-15-12(18-13)11-6-5-10(17-3)8-9(11)2/h5-6,8H,4,7H2,1-3H3,(H,14,16). The Bertz CT molecular complexity index is 525. The second kappa shape index (κ2) is 5.82. The van der Waals surface area contributed by atoms with Crippen LogP contribution in [-0.4, -0.2) is 23.9 Å². The average molecular weight is 263 g/mol. The highest BCUT2D eigenvalue weighted by atomic mass is 32.1. The van der Waals surface area contributed by atoms with Crippen molar-refractivity contribution in [3.8, 4) is 16.3 Å². The van der Waals surface area contributed by atoms with E-state index in [0.717, 1.165) is 40.0 Å². The molecule has 1 heterocycles. The molecule has 1 aromatic heterocycles. The molecule has 0 fully saturated rings. The molecule has 2 rings (SSSR count). The predicted octanol–water partition coefficient (Wildman–Crippen LogP) is 3.34. The van der Waals surface area contributed by atoms with Crippen LogP contribution in [0, 0.1) is 6.92 Å². The second-order valence-electron chi connectivity index (χ2n) is 4.02. The topological polar surface area (TPSA) is 47.0 Å². The van der Waals surface area contributed by atoms with E-state index in [1.165, 1.54) is 0 Å². The fourth-order valence-electron chi connectivity index (χ4n) is 1.64. The molecule has 0 aliphatic heterocycles. The fraction of sp³-hybridized carbons (Fsp3) is 0.385. The second-order valence-corrected chi connectivity index (χ2v) is 5.00. The number of nitrogens with one attached hydrogen (secondary N) is 1. The molecule has 0 atom stereocenters. The summed E-state index contributed by atoms with van der Waals surface area (Å²) in [5.41, 5.74) is 2.25. The molecule has 0 saturated carbocycles. The van der Waals surface area contributed by atoms with Crippen molar-refractivity contribution in [1.29, 1.82) is 0 Å². The third-order valence-corrected chi connectivity index (χ3v) is 3.53. The molecule has 18 heavy (non-hydrogen) atoms. The van der Waals surface area contributed by atoms with Crippen LogP contribution in [0.4, 0.5) is 5.13 Å². The Kier molecular flexibility index (Phi) is 4.15. The lowest BCUT2D eigenvalue weighted by atomic mass is 10.1. The SMILES string of the molecule is CCCNc1nnc(-c2ccc(OC)cc2C)s1. The van der Waals surface area contributed by atoms with Gasteiger partial charge in [-0.15, -0.1) is 10.2 Å². The summed E-state index contributed by atoms with van der Waals surface area (Å²) in [6.45, 7) is 5.11. The number of nitrogens with zero attached hydrogens (tertiary/aromatic N) is 2. The van der Waals surface area contributed by atoms with Crippen LogP contribution in [0.1, 0.15) is 18.9 Å². The van der Waals surface area contributed by atoms with Gasteiger partial charge >= 0.3 is 0 Å². The molecule has 5 heteroatoms. The highest BCUT2D eigenvalue weighted by molar-refractivity contribution is 7.18. The third-order valence-electron chi connectivity index (χ3n) is 2.62. The summed E-state index contributed by atoms with van der Waals surface area (Å²) in [6, 6.07) is 5.98. The molecule has 0 saturated heterocycles. The number of aromatic nitrogens is 2. The Morgan fingerprint density at radius 1 is 1.33 bits per heavy atom. The zero-order valence-electron chi connectivity index (χ0n) is 10.9. The van der Waals surface area contributed by atoms with Gasteiger partial charge in [-0.3, -0.25) is 0 Å². The van der Waals surface area contributed by atoms with Crippen LogP contribution >= 0.6 is 11.3 Å². The van der Waals surface area contributed by atoms with Crippen molar-refractivity contribution >= 4 is 16.5 Å². The molecule has 0 radical (unpaired) electrons. The maximum absolute atomic E-state index is 5.20. The molecule has 1 N–H and O–H groups in total. The summed E-state index contributed by atoms with van der Waals surface area (Å²) >= 11 is 1.58. The Morgan fingerprint density at radius 3 is 2.83 bits per heavy atom. The van der Waals surface area contributed by atoms with Crippen molar-refractivity contribution in [2.24, 2.45) is 0 Å². The van der Waals surface area contributed by atoms with Crippen LogP contribution in [0.3, 0.4) is 0 Å². The molecule has 96 valence electrons. The maximum atomic E-state index is 5.20. The minimum absolute atomic E-state index is 0.866. The zero-order valence-corrected chi connectivity index (χ0v) is 11.7. The van der Waals surface area contributed by atoms with E-state index in [9.17, 15) is 0 Å². The summed E-state index contributed by atoms with van der Waals surface area (Å²) in [4.78, 5) is 0. The van der Waals surface area contributed by atoms with Crippen LogP contribution in [0.5, 0.6) is 5.75 Å². The molecule has 0 unspecified atom stereocenters. The molecule has 0 aliphatic carbocycles. The minimum atomic E-state index is 0.866. The number of ether oxygens (including phenoxy) is 1. The van der Waals surface area contributed by atoms with Crippen LogP contribution in [0.2, 0.25) is 0 Å². The molecule has 0 bridgehead atoms. The summed E-state index contributed by atoms with van der Waals surface area (Å²) in [6.07, 6.45) is 1.08. The molecule has 0 aliphatic rings. The molecule has 0 amide bonds. The van der Waals surface area contributed by atoms with Gasteiger partial charge in [-0.2, -0.15) is 0 Å². The third kappa shape index (κ3) is 2.79. The average Bonchev–Trinajstić information content (AvgIpc) is 2.84. The number of anilines is 1. The number of hydrogen-bond donors (Lipinski definition) is 1. The first-order valence-electron chi connectivity index (χ1n) is 5.97. The quantitative estimate of drug-likeness (QED) is 0.898. The largest absolute Gasteiger partial charge is 0.497 e. The molecule has 2 aromatic rings. The predicted molar refractivity (Wildman–Crippen MR) is 75.4 cm³/mol. The van der Waals surface area contributed by atoms with Crippen molar-refractivity contribution in [2.75, 3.05) is 19.0 Å². The highest BCUT2D eigenvalue weighted by Crippen LogP contribution is 2.30. The lowest BCUT2D eigenvalue weighted by Crippen LogP contribution is -1.98. The Hall–Kier alpha value is -1.62. The number of benzene rings is 1. The maximum Gasteiger partial charge on any atom is 0.206 e. The van der Waals surface area contributed by atoms with Gasteiger partial charge in [-0.05, 0) is 37.1 Å². The highest BCUT2D eigenvalue weighted by Gasteiger charge is 2.09. The van der Waals surface area contributed by atoms with E-state index in [-0.39, 0.29) is 0 Å². The molecule has 0 spiro atoms. The van der Waals surface area contributed by atoms with Gasteiger partial charge in [0, 0.05) is 12.1 Å². The van der Waals surface area contributed by atoms with Gasteiger partial charge in [-0.25, -0.2) is 0 Å². The van der Waals surface area contributed by atoms with Crippen LogP contribution in [0.15, 0.2) is 18.2 Å². The fourth-order valence-corrected chi connectivity index (χ4v) is 2.50. The lowest BCUT2D eigenvalue weighted by Gasteiger charge is -2.04. The van der Waals surface area contributed by atoms with Crippen LogP contribution in [-0.2, 0) is 0 Å². The van der Waals surface area contributed by atoms with Gasteiger partial charge < -0.3 is 10.1 Å². The summed E-state index contributed by atoms with van der Waals surface area (Å²) < 4.78 is 5.20.